The summed E-state index contributed by atoms with van der Waals surface area (Å²) in [5.74, 6) is -0.750. The van der Waals surface area contributed by atoms with Gasteiger partial charge in [0.2, 0.25) is 0 Å². The monoisotopic (exact) mass is 394 g/mol. The maximum atomic E-state index is 12.4. The van der Waals surface area contributed by atoms with Gasteiger partial charge in [0, 0.05) is 35.4 Å². The standard InChI is InChI=1S/C18H19ClN2O4S/c19-13-3-1-2-12(8-13)17-21-15(11-26-17)16(22)20-9-14-10-24-18(25-14)4-6-23-7-5-18/h1-3,8,11,14H,4-7,9-10H2,(H,20,22). The van der Waals surface area contributed by atoms with Crippen molar-refractivity contribution in [1.82, 2.24) is 10.3 Å². The molecule has 1 N–H and O–H groups in total. The van der Waals surface area contributed by atoms with Crippen molar-refractivity contribution >= 4 is 28.8 Å². The minimum atomic E-state index is -0.534. The van der Waals surface area contributed by atoms with E-state index in [9.17, 15) is 4.79 Å². The van der Waals surface area contributed by atoms with Crippen LogP contribution in [-0.2, 0) is 14.2 Å². The van der Waals surface area contributed by atoms with Gasteiger partial charge in [-0.05, 0) is 12.1 Å². The topological polar surface area (TPSA) is 69.7 Å². The highest BCUT2D eigenvalue weighted by Gasteiger charge is 2.42. The molecule has 2 saturated heterocycles. The van der Waals surface area contributed by atoms with Crippen LogP contribution in [0.4, 0.5) is 0 Å². The van der Waals surface area contributed by atoms with E-state index in [4.69, 9.17) is 25.8 Å². The Kier molecular flexibility index (Phi) is 5.24. The van der Waals surface area contributed by atoms with Gasteiger partial charge < -0.3 is 19.5 Å². The molecule has 1 aromatic heterocycles. The summed E-state index contributed by atoms with van der Waals surface area (Å²) < 4.78 is 17.2. The van der Waals surface area contributed by atoms with Crippen LogP contribution >= 0.6 is 22.9 Å². The molecule has 4 rings (SSSR count). The van der Waals surface area contributed by atoms with Crippen LogP contribution in [0.3, 0.4) is 0 Å². The van der Waals surface area contributed by atoms with E-state index in [1.165, 1.54) is 11.3 Å². The highest BCUT2D eigenvalue weighted by molar-refractivity contribution is 7.13. The van der Waals surface area contributed by atoms with Gasteiger partial charge in [-0.3, -0.25) is 4.79 Å². The molecule has 6 nitrogen and oxygen atoms in total. The smallest absolute Gasteiger partial charge is 0.270 e. The molecule has 1 amide bonds. The van der Waals surface area contributed by atoms with Crippen LogP contribution in [0.15, 0.2) is 29.6 Å². The minimum absolute atomic E-state index is 0.150. The lowest BCUT2D eigenvalue weighted by molar-refractivity contribution is -0.210. The number of halogens is 1. The fourth-order valence-electron chi connectivity index (χ4n) is 3.09. The molecule has 1 spiro atoms. The van der Waals surface area contributed by atoms with Crippen LogP contribution in [0.5, 0.6) is 0 Å². The summed E-state index contributed by atoms with van der Waals surface area (Å²) in [5, 5.41) is 6.04. The summed E-state index contributed by atoms with van der Waals surface area (Å²) in [7, 11) is 0. The number of carbonyl (C=O) groups is 1. The Labute approximate surface area is 160 Å². The summed E-state index contributed by atoms with van der Waals surface area (Å²) in [6, 6.07) is 7.42. The molecule has 2 aliphatic rings. The fourth-order valence-corrected chi connectivity index (χ4v) is 4.08. The molecule has 26 heavy (non-hydrogen) atoms. The second-order valence-electron chi connectivity index (χ2n) is 6.33. The lowest BCUT2D eigenvalue weighted by atomic mass is 10.1. The van der Waals surface area contributed by atoms with Crippen LogP contribution in [0.1, 0.15) is 23.3 Å². The minimum Gasteiger partial charge on any atom is -0.381 e. The van der Waals surface area contributed by atoms with Crippen molar-refractivity contribution < 1.29 is 19.0 Å². The number of ether oxygens (including phenoxy) is 3. The van der Waals surface area contributed by atoms with Gasteiger partial charge in [-0.2, -0.15) is 0 Å². The number of amides is 1. The highest BCUT2D eigenvalue weighted by atomic mass is 35.5. The van der Waals surface area contributed by atoms with Gasteiger partial charge >= 0.3 is 0 Å². The first kappa shape index (κ1) is 17.9. The summed E-state index contributed by atoms with van der Waals surface area (Å²) >= 11 is 7.43. The Morgan fingerprint density at radius 2 is 2.23 bits per heavy atom. The molecule has 0 saturated carbocycles. The average molecular weight is 395 g/mol. The number of rotatable bonds is 4. The van der Waals surface area contributed by atoms with Crippen LogP contribution in [0, 0.1) is 0 Å². The number of benzene rings is 1. The number of nitrogens with zero attached hydrogens (tertiary/aromatic N) is 1. The molecule has 0 aliphatic carbocycles. The zero-order valence-corrected chi connectivity index (χ0v) is 15.6. The first-order valence-corrected chi connectivity index (χ1v) is 9.78. The Morgan fingerprint density at radius 1 is 1.38 bits per heavy atom. The van der Waals surface area contributed by atoms with E-state index in [0.29, 0.717) is 37.1 Å². The zero-order chi connectivity index (χ0) is 18.0. The van der Waals surface area contributed by atoms with E-state index >= 15 is 0 Å². The van der Waals surface area contributed by atoms with Crippen molar-refractivity contribution in [3.05, 3.63) is 40.4 Å². The number of nitrogens with one attached hydrogen (secondary N) is 1. The lowest BCUT2D eigenvalue weighted by Gasteiger charge is -2.31. The summed E-state index contributed by atoms with van der Waals surface area (Å²) in [4.78, 5) is 16.8. The second-order valence-corrected chi connectivity index (χ2v) is 7.63. The van der Waals surface area contributed by atoms with E-state index in [1.54, 1.807) is 11.4 Å². The molecule has 0 radical (unpaired) electrons. The van der Waals surface area contributed by atoms with Crippen molar-refractivity contribution in [3.63, 3.8) is 0 Å². The number of thiazole rings is 1. The average Bonchev–Trinajstić information content (AvgIpc) is 3.28. The van der Waals surface area contributed by atoms with E-state index in [1.807, 2.05) is 18.2 Å². The fraction of sp³-hybridized carbons (Fsp3) is 0.444. The summed E-state index contributed by atoms with van der Waals surface area (Å²) in [6.45, 7) is 2.16. The molecule has 2 aromatic rings. The molecular weight excluding hydrogens is 376 g/mol. The van der Waals surface area contributed by atoms with Gasteiger partial charge in [-0.15, -0.1) is 11.3 Å². The highest BCUT2D eigenvalue weighted by Crippen LogP contribution is 2.33. The molecule has 3 heterocycles. The van der Waals surface area contributed by atoms with Gasteiger partial charge in [-0.25, -0.2) is 4.98 Å². The molecule has 0 bridgehead atoms. The van der Waals surface area contributed by atoms with E-state index < -0.39 is 5.79 Å². The van der Waals surface area contributed by atoms with Gasteiger partial charge in [0.1, 0.15) is 16.8 Å². The Balaban J connectivity index is 1.33. The largest absolute Gasteiger partial charge is 0.381 e. The number of hydrogen-bond acceptors (Lipinski definition) is 6. The SMILES string of the molecule is O=C(NCC1COC2(CCOCC2)O1)c1csc(-c2cccc(Cl)c2)n1. The Bertz CT molecular complexity index is 791. The van der Waals surface area contributed by atoms with Crippen molar-refractivity contribution in [3.8, 4) is 10.6 Å². The third-order valence-electron chi connectivity index (χ3n) is 4.47. The zero-order valence-electron chi connectivity index (χ0n) is 14.1. The molecule has 1 unspecified atom stereocenters. The van der Waals surface area contributed by atoms with Gasteiger partial charge in [0.15, 0.2) is 5.79 Å². The van der Waals surface area contributed by atoms with Crippen molar-refractivity contribution in [2.45, 2.75) is 24.7 Å². The predicted molar refractivity (Wildman–Crippen MR) is 98.5 cm³/mol. The molecule has 1 atom stereocenters. The molecule has 8 heteroatoms. The third-order valence-corrected chi connectivity index (χ3v) is 5.59. The molecule has 2 fully saturated rings. The molecule has 138 valence electrons. The van der Waals surface area contributed by atoms with Crippen LogP contribution in [0.25, 0.3) is 10.6 Å². The number of hydrogen-bond donors (Lipinski definition) is 1. The Hall–Kier alpha value is -1.51. The maximum absolute atomic E-state index is 12.4. The molecular formula is C18H19ClN2O4S. The van der Waals surface area contributed by atoms with Crippen LogP contribution < -0.4 is 5.32 Å². The normalized spacial score (nSPS) is 21.8. The van der Waals surface area contributed by atoms with Crippen molar-refractivity contribution in [2.75, 3.05) is 26.4 Å². The van der Waals surface area contributed by atoms with E-state index in [-0.39, 0.29) is 12.0 Å². The summed E-state index contributed by atoms with van der Waals surface area (Å²) in [5.41, 5.74) is 1.29. The van der Waals surface area contributed by atoms with Gasteiger partial charge in [-0.1, -0.05) is 23.7 Å². The number of aromatic nitrogens is 1. The van der Waals surface area contributed by atoms with E-state index in [2.05, 4.69) is 10.3 Å². The van der Waals surface area contributed by atoms with Crippen molar-refractivity contribution in [2.24, 2.45) is 0 Å². The van der Waals surface area contributed by atoms with Crippen LogP contribution in [-0.4, -0.2) is 49.1 Å². The number of carbonyl (C=O) groups excluding carboxylic acids is 1. The first-order chi connectivity index (χ1) is 12.6. The summed E-state index contributed by atoms with van der Waals surface area (Å²) in [6.07, 6.45) is 1.31. The molecule has 2 aliphatic heterocycles. The van der Waals surface area contributed by atoms with Gasteiger partial charge in [0.05, 0.1) is 19.8 Å². The van der Waals surface area contributed by atoms with Crippen molar-refractivity contribution in [1.29, 1.82) is 0 Å². The predicted octanol–water partition coefficient (Wildman–Crippen LogP) is 3.12. The lowest BCUT2D eigenvalue weighted by Crippen LogP contribution is -2.39. The molecule has 1 aromatic carbocycles. The second kappa shape index (κ2) is 7.62. The Morgan fingerprint density at radius 3 is 3.04 bits per heavy atom. The van der Waals surface area contributed by atoms with E-state index in [0.717, 1.165) is 23.4 Å². The first-order valence-electron chi connectivity index (χ1n) is 8.53. The third kappa shape index (κ3) is 3.92. The quantitative estimate of drug-likeness (QED) is 0.862. The maximum Gasteiger partial charge on any atom is 0.270 e. The van der Waals surface area contributed by atoms with Crippen LogP contribution in [0.2, 0.25) is 5.02 Å². The van der Waals surface area contributed by atoms with Gasteiger partial charge in [0.25, 0.3) is 5.91 Å².